The van der Waals surface area contributed by atoms with Crippen LogP contribution in [0.4, 0.5) is 0 Å². The Morgan fingerprint density at radius 2 is 0.789 bits per heavy atom. The molecule has 0 saturated carbocycles. The summed E-state index contributed by atoms with van der Waals surface area (Å²) in [6.07, 6.45) is 0. The molecule has 0 bridgehead atoms. The first kappa shape index (κ1) is 15.9. The van der Waals surface area contributed by atoms with Crippen LogP contribution in [0.2, 0.25) is 0 Å². The first-order chi connectivity index (χ1) is 8.65. The fourth-order valence-electron chi connectivity index (χ4n) is 0.486. The second-order valence-corrected chi connectivity index (χ2v) is 2.42. The molecule has 0 aliphatic rings. The van der Waals surface area contributed by atoms with Gasteiger partial charge < -0.3 is 29.3 Å². The normalized spacial score (nSPS) is 8.84. The van der Waals surface area contributed by atoms with Crippen LogP contribution in [0.3, 0.4) is 0 Å². The average Bonchev–Trinajstić information content (AvgIpc) is 2.27. The quantitative estimate of drug-likeness (QED) is 0.347. The van der Waals surface area contributed by atoms with Crippen LogP contribution in [0.15, 0.2) is 0 Å². The minimum Gasteiger partial charge on any atom is -0.473 e. The van der Waals surface area contributed by atoms with Crippen LogP contribution in [0.25, 0.3) is 0 Å². The predicted octanol–water partition coefficient (Wildman–Crippen LogP) is -3.15. The van der Waals surface area contributed by atoms with Crippen molar-refractivity contribution in [2.45, 2.75) is 0 Å². The molecule has 0 aliphatic heterocycles. The lowest BCUT2D eigenvalue weighted by Crippen LogP contribution is -2.40. The van der Waals surface area contributed by atoms with Crippen molar-refractivity contribution in [1.82, 2.24) is 0 Å². The monoisotopic (exact) mass is 278 g/mol. The van der Waals surface area contributed by atoms with Gasteiger partial charge in [0.2, 0.25) is 0 Å². The van der Waals surface area contributed by atoms with E-state index in [2.05, 4.69) is 14.0 Å². The maximum absolute atomic E-state index is 10.6. The molecule has 0 amide bonds. The van der Waals surface area contributed by atoms with Crippen LogP contribution < -0.4 is 0 Å². The van der Waals surface area contributed by atoms with E-state index >= 15 is 0 Å². The highest BCUT2D eigenvalue weighted by Gasteiger charge is 2.41. The van der Waals surface area contributed by atoms with Gasteiger partial charge >= 0.3 is 43.1 Å². The molecular formula is C6H3BO12. The fraction of sp³-hybridized carbons (Fsp3) is 0. The summed E-state index contributed by atoms with van der Waals surface area (Å²) in [5.74, 6) is -12.8. The van der Waals surface area contributed by atoms with Gasteiger partial charge in [-0.2, -0.15) is 0 Å². The third-order valence-corrected chi connectivity index (χ3v) is 1.13. The van der Waals surface area contributed by atoms with E-state index < -0.39 is 43.1 Å². The van der Waals surface area contributed by atoms with E-state index in [9.17, 15) is 28.8 Å². The van der Waals surface area contributed by atoms with Gasteiger partial charge in [-0.3, -0.25) is 0 Å². The van der Waals surface area contributed by atoms with Gasteiger partial charge in [0.05, 0.1) is 0 Å². The van der Waals surface area contributed by atoms with Crippen LogP contribution in [0.1, 0.15) is 0 Å². The molecule has 0 radical (unpaired) electrons. The van der Waals surface area contributed by atoms with Crippen LogP contribution >= 0.6 is 0 Å². The van der Waals surface area contributed by atoms with Crippen molar-refractivity contribution in [3.8, 4) is 0 Å². The van der Waals surface area contributed by atoms with Gasteiger partial charge in [0.1, 0.15) is 0 Å². The van der Waals surface area contributed by atoms with Gasteiger partial charge in [-0.25, -0.2) is 28.8 Å². The third kappa shape index (κ3) is 5.67. The highest BCUT2D eigenvalue weighted by Crippen LogP contribution is 1.97. The number of carbonyl (C=O) groups is 6. The van der Waals surface area contributed by atoms with Crippen molar-refractivity contribution in [3.05, 3.63) is 0 Å². The molecule has 0 aliphatic carbocycles. The van der Waals surface area contributed by atoms with Gasteiger partial charge in [0, 0.05) is 0 Å². The maximum atomic E-state index is 10.6. The van der Waals surface area contributed by atoms with Gasteiger partial charge in [-0.15, -0.1) is 0 Å². The second kappa shape index (κ2) is 6.58. The Kier molecular flexibility index (Phi) is 5.50. The maximum Gasteiger partial charge on any atom is 0.871 e. The Bertz CT molecular complexity index is 385. The molecule has 3 N–H and O–H groups in total. The molecule has 0 spiro atoms. The number of carbonyl (C=O) groups excluding carboxylic acids is 3. The molecular weight excluding hydrogens is 275 g/mol. The number of hydrogen-bond donors (Lipinski definition) is 3. The largest absolute Gasteiger partial charge is 0.871 e. The Hall–Kier alpha value is -3.12. The van der Waals surface area contributed by atoms with E-state index in [0.29, 0.717) is 0 Å². The van der Waals surface area contributed by atoms with E-state index in [0.717, 1.165) is 0 Å². The SMILES string of the molecule is O=C(O)C(=O)OB(OC(=O)C(=O)O)OC(=O)C(=O)O. The molecule has 0 rings (SSSR count). The smallest absolute Gasteiger partial charge is 0.473 e. The lowest BCUT2D eigenvalue weighted by atomic mass is 10.2. The average molecular weight is 278 g/mol. The molecule has 0 aromatic carbocycles. The summed E-state index contributed by atoms with van der Waals surface area (Å²) in [7, 11) is -2.77. The van der Waals surface area contributed by atoms with Crippen molar-refractivity contribution >= 4 is 43.1 Å². The highest BCUT2D eigenvalue weighted by molar-refractivity contribution is 6.53. The zero-order chi connectivity index (χ0) is 15.2. The number of carboxylic acid groups (broad SMARTS) is 3. The molecule has 0 atom stereocenters. The highest BCUT2D eigenvalue weighted by atomic mass is 16.8. The van der Waals surface area contributed by atoms with Crippen molar-refractivity contribution in [2.24, 2.45) is 0 Å². The van der Waals surface area contributed by atoms with E-state index in [4.69, 9.17) is 15.3 Å². The summed E-state index contributed by atoms with van der Waals surface area (Å²) in [5.41, 5.74) is 0. The van der Waals surface area contributed by atoms with Crippen LogP contribution in [-0.2, 0) is 42.7 Å². The van der Waals surface area contributed by atoms with E-state index in [1.165, 1.54) is 0 Å². The minimum atomic E-state index is -2.77. The van der Waals surface area contributed by atoms with E-state index in [1.807, 2.05) is 0 Å². The van der Waals surface area contributed by atoms with E-state index in [1.54, 1.807) is 0 Å². The zero-order valence-corrected chi connectivity index (χ0v) is 8.59. The summed E-state index contributed by atoms with van der Waals surface area (Å²) < 4.78 is 11.1. The topological polar surface area (TPSA) is 191 Å². The first-order valence-electron chi connectivity index (χ1n) is 3.97. The standard InChI is InChI=1S/C6H3BO12/c8-1(9)4(14)17-7(18-5(15)2(10)11)19-6(16)3(12)13/h(H,8,9)(H,10,11)(H,12,13). The third-order valence-electron chi connectivity index (χ3n) is 1.13. The predicted molar refractivity (Wildman–Crippen MR) is 46.9 cm³/mol. The zero-order valence-electron chi connectivity index (χ0n) is 8.59. The summed E-state index contributed by atoms with van der Waals surface area (Å²) in [6.45, 7) is 0. The Balaban J connectivity index is 4.82. The fourth-order valence-corrected chi connectivity index (χ4v) is 0.486. The Morgan fingerprint density at radius 3 is 0.947 bits per heavy atom. The van der Waals surface area contributed by atoms with Crippen LogP contribution in [0, 0.1) is 0 Å². The van der Waals surface area contributed by atoms with Gasteiger partial charge in [-0.1, -0.05) is 0 Å². The molecule has 102 valence electrons. The van der Waals surface area contributed by atoms with Crippen molar-refractivity contribution in [3.63, 3.8) is 0 Å². The molecule has 0 fully saturated rings. The van der Waals surface area contributed by atoms with Crippen molar-refractivity contribution in [2.75, 3.05) is 0 Å². The number of rotatable bonds is 3. The molecule has 0 aromatic heterocycles. The van der Waals surface area contributed by atoms with Crippen LogP contribution in [0.5, 0.6) is 0 Å². The molecule has 0 aromatic rings. The Morgan fingerprint density at radius 1 is 0.579 bits per heavy atom. The summed E-state index contributed by atoms with van der Waals surface area (Å²) in [4.78, 5) is 61.9. The molecule has 0 unspecified atom stereocenters. The second-order valence-electron chi connectivity index (χ2n) is 2.42. The molecule has 0 saturated heterocycles. The summed E-state index contributed by atoms with van der Waals surface area (Å²) >= 11 is 0. The molecule has 12 nitrogen and oxygen atoms in total. The van der Waals surface area contributed by atoms with Gasteiger partial charge in [-0.05, 0) is 0 Å². The number of hydrogen-bond acceptors (Lipinski definition) is 9. The van der Waals surface area contributed by atoms with E-state index in [-0.39, 0.29) is 0 Å². The molecule has 19 heavy (non-hydrogen) atoms. The Labute approximate surface area is 102 Å². The number of carboxylic acids is 3. The van der Waals surface area contributed by atoms with Crippen LogP contribution in [-0.4, -0.2) is 58.5 Å². The summed E-state index contributed by atoms with van der Waals surface area (Å²) in [6, 6.07) is 0. The molecule has 13 heteroatoms. The minimum absolute atomic E-state index is 2.08. The molecule has 0 heterocycles. The van der Waals surface area contributed by atoms with Gasteiger partial charge in [0.15, 0.2) is 0 Å². The lowest BCUT2D eigenvalue weighted by molar-refractivity contribution is -0.168. The number of aliphatic carboxylic acids is 3. The first-order valence-corrected chi connectivity index (χ1v) is 3.97. The van der Waals surface area contributed by atoms with Crippen molar-refractivity contribution < 1.29 is 58.0 Å². The lowest BCUT2D eigenvalue weighted by Gasteiger charge is -2.09. The summed E-state index contributed by atoms with van der Waals surface area (Å²) in [5, 5.41) is 24.4. The van der Waals surface area contributed by atoms with Crippen molar-refractivity contribution in [1.29, 1.82) is 0 Å². The van der Waals surface area contributed by atoms with Gasteiger partial charge in [0.25, 0.3) is 0 Å².